The van der Waals surface area contributed by atoms with Crippen LogP contribution in [0.25, 0.3) is 0 Å². The van der Waals surface area contributed by atoms with Gasteiger partial charge in [0, 0.05) is 10.5 Å². The molecule has 5 nitrogen and oxygen atoms in total. The van der Waals surface area contributed by atoms with Gasteiger partial charge in [-0.25, -0.2) is 13.1 Å². The molecule has 0 amide bonds. The van der Waals surface area contributed by atoms with Crippen LogP contribution in [-0.4, -0.2) is 25.5 Å². The van der Waals surface area contributed by atoms with Crippen molar-refractivity contribution in [1.29, 1.82) is 0 Å². The van der Waals surface area contributed by atoms with Gasteiger partial charge >= 0.3 is 5.97 Å². The zero-order valence-electron chi connectivity index (χ0n) is 10.0. The summed E-state index contributed by atoms with van der Waals surface area (Å²) in [5.41, 5.74) is 0. The van der Waals surface area contributed by atoms with Gasteiger partial charge in [0.2, 0.25) is 10.0 Å². The number of hydrogen-bond acceptors (Lipinski definition) is 3. The third kappa shape index (κ3) is 3.16. The minimum atomic E-state index is -3.70. The summed E-state index contributed by atoms with van der Waals surface area (Å²) in [5, 5.41) is 9.06. The lowest BCUT2D eigenvalue weighted by molar-refractivity contribution is -0.141. The van der Waals surface area contributed by atoms with Crippen LogP contribution in [0.4, 0.5) is 0 Å². The first-order valence-electron chi connectivity index (χ1n) is 5.91. The van der Waals surface area contributed by atoms with Gasteiger partial charge in [-0.3, -0.25) is 4.79 Å². The summed E-state index contributed by atoms with van der Waals surface area (Å²) in [4.78, 5) is 11.2. The minimum absolute atomic E-state index is 0.131. The van der Waals surface area contributed by atoms with Crippen LogP contribution in [0.15, 0.2) is 33.6 Å². The number of rotatable bonds is 4. The quantitative estimate of drug-likeness (QED) is 0.872. The molecule has 0 saturated heterocycles. The average Bonchev–Trinajstić information content (AvgIpc) is 2.76. The van der Waals surface area contributed by atoms with E-state index in [0.717, 1.165) is 6.42 Å². The molecule has 1 aliphatic carbocycles. The molecule has 7 heteroatoms. The summed E-state index contributed by atoms with van der Waals surface area (Å²) in [6, 6.07) is 5.94. The van der Waals surface area contributed by atoms with Gasteiger partial charge in [0.1, 0.15) is 0 Å². The predicted octanol–water partition coefficient (Wildman–Crippen LogP) is 1.98. The Kier molecular flexibility index (Phi) is 4.27. The lowest BCUT2D eigenvalue weighted by atomic mass is 10.1. The minimum Gasteiger partial charge on any atom is -0.481 e. The van der Waals surface area contributed by atoms with E-state index in [-0.39, 0.29) is 4.90 Å². The molecular formula is C12H14BrNO4S. The second-order valence-electron chi connectivity index (χ2n) is 4.53. The van der Waals surface area contributed by atoms with E-state index in [1.54, 1.807) is 18.2 Å². The molecule has 1 aromatic carbocycles. The topological polar surface area (TPSA) is 83.5 Å². The summed E-state index contributed by atoms with van der Waals surface area (Å²) in [6.07, 6.45) is 1.79. The number of hydrogen-bond donors (Lipinski definition) is 2. The summed E-state index contributed by atoms with van der Waals surface area (Å²) in [7, 11) is -3.70. The zero-order valence-corrected chi connectivity index (χ0v) is 12.4. The van der Waals surface area contributed by atoms with Crippen LogP contribution >= 0.6 is 15.9 Å². The van der Waals surface area contributed by atoms with Crippen LogP contribution in [-0.2, 0) is 14.8 Å². The molecule has 1 aliphatic rings. The van der Waals surface area contributed by atoms with Crippen molar-refractivity contribution in [3.8, 4) is 0 Å². The summed E-state index contributed by atoms with van der Waals surface area (Å²) < 4.78 is 27.5. The van der Waals surface area contributed by atoms with E-state index in [1.165, 1.54) is 6.07 Å². The van der Waals surface area contributed by atoms with E-state index in [4.69, 9.17) is 5.11 Å². The number of sulfonamides is 1. The Balaban J connectivity index is 2.23. The SMILES string of the molecule is O=C(O)C1CCCC1NS(=O)(=O)c1ccccc1Br. The molecule has 0 bridgehead atoms. The normalized spacial score (nSPS) is 23.4. The molecule has 0 aromatic heterocycles. The Bertz CT molecular complexity index is 587. The maximum absolute atomic E-state index is 12.2. The highest BCUT2D eigenvalue weighted by molar-refractivity contribution is 9.10. The van der Waals surface area contributed by atoms with Crippen LogP contribution in [0, 0.1) is 5.92 Å². The molecule has 2 unspecified atom stereocenters. The number of halogens is 1. The number of benzene rings is 1. The monoisotopic (exact) mass is 347 g/mol. The largest absolute Gasteiger partial charge is 0.481 e. The maximum atomic E-state index is 12.2. The van der Waals surface area contributed by atoms with E-state index in [0.29, 0.717) is 17.3 Å². The van der Waals surface area contributed by atoms with Crippen molar-refractivity contribution in [3.63, 3.8) is 0 Å². The molecule has 0 radical (unpaired) electrons. The van der Waals surface area contributed by atoms with Gasteiger partial charge < -0.3 is 5.11 Å². The third-order valence-corrected chi connectivity index (χ3v) is 5.77. The van der Waals surface area contributed by atoms with Gasteiger partial charge in [-0.1, -0.05) is 18.6 Å². The molecule has 2 rings (SSSR count). The van der Waals surface area contributed by atoms with E-state index < -0.39 is 28.0 Å². The first kappa shape index (κ1) is 14.5. The van der Waals surface area contributed by atoms with Crippen LogP contribution in [0.1, 0.15) is 19.3 Å². The van der Waals surface area contributed by atoms with E-state index in [1.807, 2.05) is 0 Å². The third-order valence-electron chi connectivity index (χ3n) is 3.27. The molecule has 19 heavy (non-hydrogen) atoms. The lowest BCUT2D eigenvalue weighted by Crippen LogP contribution is -2.40. The van der Waals surface area contributed by atoms with Crippen molar-refractivity contribution in [2.24, 2.45) is 5.92 Å². The van der Waals surface area contributed by atoms with Crippen molar-refractivity contribution in [2.75, 3.05) is 0 Å². The van der Waals surface area contributed by atoms with Gasteiger partial charge in [0.05, 0.1) is 10.8 Å². The fraction of sp³-hybridized carbons (Fsp3) is 0.417. The van der Waals surface area contributed by atoms with Gasteiger partial charge in [-0.15, -0.1) is 0 Å². The first-order chi connectivity index (χ1) is 8.92. The van der Waals surface area contributed by atoms with Gasteiger partial charge in [0.25, 0.3) is 0 Å². The molecule has 0 aliphatic heterocycles. The molecule has 0 heterocycles. The predicted molar refractivity (Wildman–Crippen MR) is 73.2 cm³/mol. The van der Waals surface area contributed by atoms with Crippen molar-refractivity contribution in [1.82, 2.24) is 4.72 Å². The Morgan fingerprint density at radius 3 is 2.63 bits per heavy atom. The van der Waals surface area contributed by atoms with Crippen molar-refractivity contribution in [3.05, 3.63) is 28.7 Å². The molecule has 0 spiro atoms. The highest BCUT2D eigenvalue weighted by Gasteiger charge is 2.36. The van der Waals surface area contributed by atoms with Crippen molar-refractivity contribution >= 4 is 31.9 Å². The highest BCUT2D eigenvalue weighted by Crippen LogP contribution is 2.28. The van der Waals surface area contributed by atoms with E-state index in [2.05, 4.69) is 20.7 Å². The average molecular weight is 348 g/mol. The standard InChI is InChI=1S/C12H14BrNO4S/c13-9-5-1-2-7-11(9)19(17,18)14-10-6-3-4-8(10)12(15)16/h1-2,5,7-8,10,14H,3-4,6H2,(H,15,16). The van der Waals surface area contributed by atoms with Crippen LogP contribution in [0.3, 0.4) is 0 Å². The number of carboxylic acid groups (broad SMARTS) is 1. The number of nitrogens with one attached hydrogen (secondary N) is 1. The Morgan fingerprint density at radius 2 is 2.00 bits per heavy atom. The van der Waals surface area contributed by atoms with Crippen LogP contribution in [0.2, 0.25) is 0 Å². The second-order valence-corrected chi connectivity index (χ2v) is 7.07. The fourth-order valence-corrected chi connectivity index (χ4v) is 4.64. The van der Waals surface area contributed by atoms with Gasteiger partial charge in [-0.2, -0.15) is 0 Å². The van der Waals surface area contributed by atoms with E-state index >= 15 is 0 Å². The number of carbonyl (C=O) groups is 1. The summed E-state index contributed by atoms with van der Waals surface area (Å²) in [5.74, 6) is -1.59. The molecular weight excluding hydrogens is 334 g/mol. The Labute approximate surface area is 120 Å². The number of aliphatic carboxylic acids is 1. The Hall–Kier alpha value is -0.920. The molecule has 2 atom stereocenters. The lowest BCUT2D eigenvalue weighted by Gasteiger charge is -2.18. The van der Waals surface area contributed by atoms with Crippen molar-refractivity contribution < 1.29 is 18.3 Å². The van der Waals surface area contributed by atoms with Crippen LogP contribution < -0.4 is 4.72 Å². The zero-order chi connectivity index (χ0) is 14.0. The van der Waals surface area contributed by atoms with Crippen molar-refractivity contribution in [2.45, 2.75) is 30.2 Å². The molecule has 1 saturated carbocycles. The van der Waals surface area contributed by atoms with Crippen LogP contribution in [0.5, 0.6) is 0 Å². The smallest absolute Gasteiger partial charge is 0.308 e. The molecule has 104 valence electrons. The Morgan fingerprint density at radius 1 is 1.32 bits per heavy atom. The number of carboxylic acids is 1. The maximum Gasteiger partial charge on any atom is 0.308 e. The fourth-order valence-electron chi connectivity index (χ4n) is 2.32. The highest BCUT2D eigenvalue weighted by atomic mass is 79.9. The second kappa shape index (κ2) is 5.60. The van der Waals surface area contributed by atoms with Gasteiger partial charge in [0.15, 0.2) is 0 Å². The van der Waals surface area contributed by atoms with Gasteiger partial charge in [-0.05, 0) is 40.9 Å². The summed E-state index contributed by atoms with van der Waals surface area (Å²) >= 11 is 3.19. The molecule has 2 N–H and O–H groups in total. The molecule has 1 fully saturated rings. The first-order valence-corrected chi connectivity index (χ1v) is 8.19. The molecule has 1 aromatic rings. The summed E-state index contributed by atoms with van der Waals surface area (Å²) in [6.45, 7) is 0. The van der Waals surface area contributed by atoms with E-state index in [9.17, 15) is 13.2 Å².